The zero-order valence-corrected chi connectivity index (χ0v) is 19.4. The van der Waals surface area contributed by atoms with Crippen molar-refractivity contribution < 1.29 is 4.74 Å². The summed E-state index contributed by atoms with van der Waals surface area (Å²) < 4.78 is 7.66. The van der Waals surface area contributed by atoms with Crippen LogP contribution in [0.4, 0.5) is 0 Å². The maximum absolute atomic E-state index is 5.67. The molecule has 0 radical (unpaired) electrons. The molecule has 0 amide bonds. The topological polar surface area (TPSA) is 79.6 Å². The summed E-state index contributed by atoms with van der Waals surface area (Å²) in [5.74, 6) is 3.50. The molecule has 1 atom stereocenters. The minimum atomic E-state index is 0.230. The number of methoxy groups -OCH3 is 1. The van der Waals surface area contributed by atoms with Crippen molar-refractivity contribution >= 4 is 5.96 Å². The largest absolute Gasteiger partial charge is 0.496 e. The van der Waals surface area contributed by atoms with Crippen molar-refractivity contribution in [3.05, 3.63) is 41.5 Å². The van der Waals surface area contributed by atoms with E-state index in [1.54, 1.807) is 7.11 Å². The summed E-state index contributed by atoms with van der Waals surface area (Å²) >= 11 is 0. The quantitative estimate of drug-likeness (QED) is 0.345. The molecule has 2 aromatic rings. The third-order valence-electron chi connectivity index (χ3n) is 5.93. The number of aryl methyl sites for hydroxylation is 1. The van der Waals surface area contributed by atoms with Crippen LogP contribution in [-0.4, -0.2) is 58.9 Å². The molecule has 0 bridgehead atoms. The van der Waals surface area contributed by atoms with Crippen LogP contribution in [-0.2, 0) is 13.6 Å². The molecular formula is C23H37N7O. The van der Waals surface area contributed by atoms with Crippen molar-refractivity contribution in [3.8, 4) is 5.75 Å². The average molecular weight is 428 g/mol. The number of nitrogens with one attached hydrogen (secondary N) is 2. The van der Waals surface area contributed by atoms with Gasteiger partial charge in [-0.1, -0.05) is 31.5 Å². The minimum absolute atomic E-state index is 0.230. The SMILES string of the molecule is CCCCNC(=NCc1nnc(C)n1C)NCC(c1ccccc1OC)N1CCCC1. The Hall–Kier alpha value is -2.61. The van der Waals surface area contributed by atoms with Gasteiger partial charge in [-0.25, -0.2) is 4.99 Å². The van der Waals surface area contributed by atoms with E-state index in [-0.39, 0.29) is 6.04 Å². The summed E-state index contributed by atoms with van der Waals surface area (Å²) in [5, 5.41) is 15.4. The first kappa shape index (κ1) is 23.1. The second kappa shape index (κ2) is 11.7. The zero-order valence-electron chi connectivity index (χ0n) is 19.4. The van der Waals surface area contributed by atoms with Gasteiger partial charge in [0.25, 0.3) is 0 Å². The number of unbranched alkanes of at least 4 members (excludes halogenated alkanes) is 1. The number of benzene rings is 1. The summed E-state index contributed by atoms with van der Waals surface area (Å²) in [6, 6.07) is 8.56. The third kappa shape index (κ3) is 6.19. The van der Waals surface area contributed by atoms with Crippen molar-refractivity contribution in [1.29, 1.82) is 0 Å². The lowest BCUT2D eigenvalue weighted by atomic mass is 10.0. The Balaban J connectivity index is 1.75. The standard InChI is InChI=1S/C23H37N7O/c1-5-6-13-24-23(26-17-22-28-27-18(2)29(22)3)25-16-20(30-14-9-10-15-30)19-11-7-8-12-21(19)31-4/h7-8,11-12,20H,5-6,9-10,13-17H2,1-4H3,(H2,24,25,26). The molecule has 0 saturated carbocycles. The number of nitrogens with zero attached hydrogens (tertiary/aromatic N) is 5. The van der Waals surface area contributed by atoms with Crippen molar-refractivity contribution in [2.24, 2.45) is 12.0 Å². The van der Waals surface area contributed by atoms with Gasteiger partial charge in [0.05, 0.1) is 13.2 Å². The highest BCUT2D eigenvalue weighted by atomic mass is 16.5. The maximum atomic E-state index is 5.67. The van der Waals surface area contributed by atoms with Crippen molar-refractivity contribution in [3.63, 3.8) is 0 Å². The van der Waals surface area contributed by atoms with E-state index >= 15 is 0 Å². The van der Waals surface area contributed by atoms with E-state index in [9.17, 15) is 0 Å². The summed E-state index contributed by atoms with van der Waals surface area (Å²) in [6.07, 6.45) is 4.73. The number of ether oxygens (including phenoxy) is 1. The molecule has 3 rings (SSSR count). The zero-order chi connectivity index (χ0) is 22.1. The fourth-order valence-corrected chi connectivity index (χ4v) is 3.92. The van der Waals surface area contributed by atoms with E-state index in [1.165, 1.54) is 18.4 Å². The van der Waals surface area contributed by atoms with Gasteiger partial charge in [-0.05, 0) is 45.3 Å². The van der Waals surface area contributed by atoms with E-state index in [1.807, 2.05) is 30.7 Å². The normalized spacial score (nSPS) is 15.8. The molecule has 170 valence electrons. The second-order valence-electron chi connectivity index (χ2n) is 8.05. The number of hydrogen-bond donors (Lipinski definition) is 2. The highest BCUT2D eigenvalue weighted by molar-refractivity contribution is 5.79. The fourth-order valence-electron chi connectivity index (χ4n) is 3.92. The van der Waals surface area contributed by atoms with Crippen LogP contribution in [0.5, 0.6) is 5.75 Å². The van der Waals surface area contributed by atoms with Gasteiger partial charge >= 0.3 is 0 Å². The molecule has 2 N–H and O–H groups in total. The molecule has 0 spiro atoms. The monoisotopic (exact) mass is 427 g/mol. The van der Waals surface area contributed by atoms with Gasteiger partial charge in [0.15, 0.2) is 11.8 Å². The Bertz CT molecular complexity index is 842. The molecule has 8 nitrogen and oxygen atoms in total. The molecule has 1 aliphatic rings. The van der Waals surface area contributed by atoms with Gasteiger partial charge in [0.1, 0.15) is 18.1 Å². The van der Waals surface area contributed by atoms with Crippen LogP contribution in [0, 0.1) is 6.92 Å². The van der Waals surface area contributed by atoms with Gasteiger partial charge in [-0.2, -0.15) is 0 Å². The summed E-state index contributed by atoms with van der Waals surface area (Å²) in [6.45, 7) is 8.50. The van der Waals surface area contributed by atoms with E-state index in [0.717, 1.165) is 62.4 Å². The van der Waals surface area contributed by atoms with Gasteiger partial charge in [0.2, 0.25) is 0 Å². The first-order valence-electron chi connectivity index (χ1n) is 11.4. The molecule has 1 saturated heterocycles. The molecule has 1 aromatic heterocycles. The van der Waals surface area contributed by atoms with Crippen LogP contribution in [0.3, 0.4) is 0 Å². The number of para-hydroxylation sites is 1. The Morgan fingerprint density at radius 2 is 1.97 bits per heavy atom. The third-order valence-corrected chi connectivity index (χ3v) is 5.93. The molecule has 31 heavy (non-hydrogen) atoms. The predicted octanol–water partition coefficient (Wildman–Crippen LogP) is 2.80. The van der Waals surface area contributed by atoms with Crippen LogP contribution in [0.15, 0.2) is 29.3 Å². The smallest absolute Gasteiger partial charge is 0.191 e. The van der Waals surface area contributed by atoms with Crippen LogP contribution in [0.25, 0.3) is 0 Å². The lowest BCUT2D eigenvalue weighted by Gasteiger charge is -2.30. The minimum Gasteiger partial charge on any atom is -0.496 e. The van der Waals surface area contributed by atoms with Crippen LogP contribution in [0.1, 0.15) is 55.9 Å². The lowest BCUT2D eigenvalue weighted by molar-refractivity contribution is 0.239. The lowest BCUT2D eigenvalue weighted by Crippen LogP contribution is -2.43. The Morgan fingerprint density at radius 1 is 1.19 bits per heavy atom. The predicted molar refractivity (Wildman–Crippen MR) is 124 cm³/mol. The number of hydrogen-bond acceptors (Lipinski definition) is 5. The molecule has 1 aliphatic heterocycles. The number of aliphatic imine (C=N–C) groups is 1. The number of guanidine groups is 1. The van der Waals surface area contributed by atoms with Gasteiger partial charge < -0.3 is 19.9 Å². The molecule has 0 aliphatic carbocycles. The molecule has 2 heterocycles. The molecule has 1 fully saturated rings. The number of likely N-dealkylation sites (tertiary alicyclic amines) is 1. The van der Waals surface area contributed by atoms with E-state index in [4.69, 9.17) is 9.73 Å². The Kier molecular flexibility index (Phi) is 8.70. The summed E-state index contributed by atoms with van der Waals surface area (Å²) in [7, 11) is 3.72. The average Bonchev–Trinajstić information content (AvgIpc) is 3.43. The molecule has 8 heteroatoms. The second-order valence-corrected chi connectivity index (χ2v) is 8.05. The maximum Gasteiger partial charge on any atom is 0.191 e. The van der Waals surface area contributed by atoms with Crippen LogP contribution in [0.2, 0.25) is 0 Å². The first-order chi connectivity index (χ1) is 15.1. The molecule has 1 unspecified atom stereocenters. The summed E-state index contributed by atoms with van der Waals surface area (Å²) in [4.78, 5) is 7.34. The molecular weight excluding hydrogens is 390 g/mol. The Labute approximate surface area is 186 Å². The van der Waals surface area contributed by atoms with Crippen molar-refractivity contribution in [2.75, 3.05) is 33.3 Å². The fraction of sp³-hybridized carbons (Fsp3) is 0.609. The highest BCUT2D eigenvalue weighted by Crippen LogP contribution is 2.31. The van der Waals surface area contributed by atoms with Crippen molar-refractivity contribution in [1.82, 2.24) is 30.3 Å². The van der Waals surface area contributed by atoms with Crippen molar-refractivity contribution in [2.45, 2.75) is 52.1 Å². The number of aromatic nitrogens is 3. The first-order valence-corrected chi connectivity index (χ1v) is 11.4. The van der Waals surface area contributed by atoms with E-state index in [0.29, 0.717) is 6.54 Å². The van der Waals surface area contributed by atoms with Crippen LogP contribution < -0.4 is 15.4 Å². The highest BCUT2D eigenvalue weighted by Gasteiger charge is 2.26. The number of rotatable bonds is 10. The Morgan fingerprint density at radius 3 is 2.65 bits per heavy atom. The van der Waals surface area contributed by atoms with E-state index in [2.05, 4.69) is 44.8 Å². The van der Waals surface area contributed by atoms with Crippen LogP contribution >= 0.6 is 0 Å². The summed E-state index contributed by atoms with van der Waals surface area (Å²) in [5.41, 5.74) is 1.22. The van der Waals surface area contributed by atoms with E-state index < -0.39 is 0 Å². The van der Waals surface area contributed by atoms with Gasteiger partial charge in [-0.15, -0.1) is 10.2 Å². The van der Waals surface area contributed by atoms with Gasteiger partial charge in [-0.3, -0.25) is 4.90 Å². The molecule has 1 aromatic carbocycles. The van der Waals surface area contributed by atoms with Gasteiger partial charge in [0, 0.05) is 25.7 Å².